The zero-order chi connectivity index (χ0) is 15.4. The predicted molar refractivity (Wildman–Crippen MR) is 88.2 cm³/mol. The van der Waals surface area contributed by atoms with Crippen LogP contribution in [0.5, 0.6) is 0 Å². The van der Waals surface area contributed by atoms with Crippen molar-refractivity contribution < 1.29 is 4.79 Å². The fourth-order valence-electron chi connectivity index (χ4n) is 2.23. The van der Waals surface area contributed by atoms with Gasteiger partial charge in [-0.15, -0.1) is 10.2 Å². The van der Waals surface area contributed by atoms with Gasteiger partial charge in [-0.3, -0.25) is 9.20 Å². The molecular weight excluding hydrogens is 296 g/mol. The molecule has 0 N–H and O–H groups in total. The first-order chi connectivity index (χ1) is 10.8. The van der Waals surface area contributed by atoms with Crippen LogP contribution in [0.4, 0.5) is 5.69 Å². The maximum atomic E-state index is 12.5. The van der Waals surface area contributed by atoms with Gasteiger partial charge < -0.3 is 4.90 Å². The Morgan fingerprint density at radius 3 is 2.68 bits per heavy atom. The van der Waals surface area contributed by atoms with E-state index in [4.69, 9.17) is 0 Å². The van der Waals surface area contributed by atoms with Gasteiger partial charge in [0.05, 0.1) is 5.75 Å². The van der Waals surface area contributed by atoms with Gasteiger partial charge in [0.15, 0.2) is 10.8 Å². The summed E-state index contributed by atoms with van der Waals surface area (Å²) in [6.45, 7) is 2.62. The van der Waals surface area contributed by atoms with E-state index in [0.717, 1.165) is 16.5 Å². The second-order valence-electron chi connectivity index (χ2n) is 4.67. The highest BCUT2D eigenvalue weighted by Gasteiger charge is 2.15. The van der Waals surface area contributed by atoms with E-state index in [-0.39, 0.29) is 5.91 Å². The van der Waals surface area contributed by atoms with Crippen LogP contribution in [0.25, 0.3) is 5.65 Å². The number of nitrogens with zero attached hydrogens (tertiary/aromatic N) is 4. The number of aromatic nitrogens is 3. The van der Waals surface area contributed by atoms with Gasteiger partial charge >= 0.3 is 0 Å². The van der Waals surface area contributed by atoms with Gasteiger partial charge in [0.2, 0.25) is 5.91 Å². The quantitative estimate of drug-likeness (QED) is 0.680. The van der Waals surface area contributed by atoms with Gasteiger partial charge in [0, 0.05) is 18.4 Å². The molecule has 0 saturated carbocycles. The molecule has 0 atom stereocenters. The van der Waals surface area contributed by atoms with Crippen LogP contribution in [-0.2, 0) is 4.79 Å². The van der Waals surface area contributed by atoms with E-state index in [1.807, 2.05) is 66.1 Å². The number of carbonyl (C=O) groups excluding carboxylic acids is 1. The highest BCUT2D eigenvalue weighted by molar-refractivity contribution is 7.99. The predicted octanol–water partition coefficient (Wildman–Crippen LogP) is 2.87. The number of carbonyl (C=O) groups is 1. The fourth-order valence-corrected chi connectivity index (χ4v) is 3.03. The Balaban J connectivity index is 1.71. The molecule has 1 aromatic carbocycles. The molecule has 0 saturated heterocycles. The molecule has 0 aliphatic heterocycles. The molecular formula is C16H16N4OS. The Morgan fingerprint density at radius 1 is 1.14 bits per heavy atom. The highest BCUT2D eigenvalue weighted by atomic mass is 32.2. The number of para-hydroxylation sites is 1. The second kappa shape index (κ2) is 6.62. The van der Waals surface area contributed by atoms with Crippen molar-refractivity contribution in [3.8, 4) is 0 Å². The minimum Gasteiger partial charge on any atom is -0.312 e. The van der Waals surface area contributed by atoms with Crippen molar-refractivity contribution in [2.75, 3.05) is 17.2 Å². The van der Waals surface area contributed by atoms with Crippen molar-refractivity contribution in [3.05, 3.63) is 54.7 Å². The van der Waals surface area contributed by atoms with Gasteiger partial charge in [-0.2, -0.15) is 0 Å². The van der Waals surface area contributed by atoms with E-state index in [1.54, 1.807) is 4.90 Å². The molecule has 112 valence electrons. The molecule has 0 bridgehead atoms. The summed E-state index contributed by atoms with van der Waals surface area (Å²) in [5, 5.41) is 8.95. The average Bonchev–Trinajstić information content (AvgIpc) is 2.98. The van der Waals surface area contributed by atoms with E-state index < -0.39 is 0 Å². The monoisotopic (exact) mass is 312 g/mol. The second-order valence-corrected chi connectivity index (χ2v) is 5.62. The summed E-state index contributed by atoms with van der Waals surface area (Å²) in [4.78, 5) is 14.2. The summed E-state index contributed by atoms with van der Waals surface area (Å²) in [6.07, 6.45) is 1.90. The van der Waals surface area contributed by atoms with Crippen LogP contribution in [0.2, 0.25) is 0 Å². The van der Waals surface area contributed by atoms with Gasteiger partial charge in [0.25, 0.3) is 0 Å². The van der Waals surface area contributed by atoms with E-state index in [1.165, 1.54) is 11.8 Å². The zero-order valence-corrected chi connectivity index (χ0v) is 13.0. The molecule has 0 aliphatic carbocycles. The van der Waals surface area contributed by atoms with Crippen LogP contribution in [0.15, 0.2) is 59.9 Å². The molecule has 0 unspecified atom stereocenters. The van der Waals surface area contributed by atoms with Crippen LogP contribution >= 0.6 is 11.8 Å². The summed E-state index contributed by atoms with van der Waals surface area (Å²) in [7, 11) is 0. The molecule has 0 fully saturated rings. The SMILES string of the molecule is CCN(C(=O)CSc1nnc2ccccn12)c1ccccc1. The molecule has 0 radical (unpaired) electrons. The van der Waals surface area contributed by atoms with E-state index in [9.17, 15) is 4.79 Å². The number of thioether (sulfide) groups is 1. The maximum absolute atomic E-state index is 12.5. The number of anilines is 1. The third kappa shape index (κ3) is 2.96. The van der Waals surface area contributed by atoms with E-state index in [2.05, 4.69) is 10.2 Å². The lowest BCUT2D eigenvalue weighted by molar-refractivity contribution is -0.116. The molecule has 3 aromatic rings. The lowest BCUT2D eigenvalue weighted by Crippen LogP contribution is -2.32. The van der Waals surface area contributed by atoms with E-state index in [0.29, 0.717) is 12.3 Å². The lowest BCUT2D eigenvalue weighted by Gasteiger charge is -2.20. The highest BCUT2D eigenvalue weighted by Crippen LogP contribution is 2.19. The Bertz CT molecular complexity index is 772. The summed E-state index contributed by atoms with van der Waals surface area (Å²) < 4.78 is 1.89. The molecule has 2 aromatic heterocycles. The number of pyridine rings is 1. The minimum atomic E-state index is 0.0615. The molecule has 22 heavy (non-hydrogen) atoms. The smallest absolute Gasteiger partial charge is 0.237 e. The van der Waals surface area contributed by atoms with Crippen LogP contribution < -0.4 is 4.90 Å². The molecule has 0 spiro atoms. The van der Waals surface area contributed by atoms with Gasteiger partial charge in [-0.1, -0.05) is 36.0 Å². The summed E-state index contributed by atoms with van der Waals surface area (Å²) in [5.41, 5.74) is 1.70. The molecule has 2 heterocycles. The first kappa shape index (κ1) is 14.6. The van der Waals surface area contributed by atoms with Gasteiger partial charge in [-0.25, -0.2) is 0 Å². The molecule has 6 heteroatoms. The Labute approximate surface area is 133 Å². The van der Waals surface area contributed by atoms with Crippen LogP contribution in [0, 0.1) is 0 Å². The number of hydrogen-bond acceptors (Lipinski definition) is 4. The molecule has 5 nitrogen and oxygen atoms in total. The van der Waals surface area contributed by atoms with Gasteiger partial charge in [-0.05, 0) is 31.2 Å². The Hall–Kier alpha value is -2.34. The van der Waals surface area contributed by atoms with Crippen molar-refractivity contribution in [3.63, 3.8) is 0 Å². The zero-order valence-electron chi connectivity index (χ0n) is 12.2. The number of fused-ring (bicyclic) bond motifs is 1. The van der Waals surface area contributed by atoms with E-state index >= 15 is 0 Å². The third-order valence-corrected chi connectivity index (χ3v) is 4.22. The van der Waals surface area contributed by atoms with Crippen LogP contribution in [0.1, 0.15) is 6.92 Å². The van der Waals surface area contributed by atoms with Crippen molar-refractivity contribution in [1.82, 2.24) is 14.6 Å². The van der Waals surface area contributed by atoms with Crippen molar-refractivity contribution in [1.29, 1.82) is 0 Å². The van der Waals surface area contributed by atoms with Crippen LogP contribution in [-0.4, -0.2) is 32.8 Å². The maximum Gasteiger partial charge on any atom is 0.237 e. The standard InChI is InChI=1S/C16H16N4OS/c1-2-19(13-8-4-3-5-9-13)15(21)12-22-16-18-17-14-10-6-7-11-20(14)16/h3-11H,2,12H2,1H3. The number of amides is 1. The Kier molecular flexibility index (Phi) is 4.39. The normalized spacial score (nSPS) is 10.8. The first-order valence-electron chi connectivity index (χ1n) is 7.07. The summed E-state index contributed by atoms with van der Waals surface area (Å²) >= 11 is 1.40. The van der Waals surface area contributed by atoms with Gasteiger partial charge in [0.1, 0.15) is 0 Å². The minimum absolute atomic E-state index is 0.0615. The molecule has 3 rings (SSSR count). The third-order valence-electron chi connectivity index (χ3n) is 3.29. The Morgan fingerprint density at radius 2 is 1.91 bits per heavy atom. The van der Waals surface area contributed by atoms with Crippen LogP contribution in [0.3, 0.4) is 0 Å². The number of rotatable bonds is 5. The first-order valence-corrected chi connectivity index (χ1v) is 8.06. The largest absolute Gasteiger partial charge is 0.312 e. The summed E-state index contributed by atoms with van der Waals surface area (Å²) in [6, 6.07) is 15.4. The van der Waals surface area contributed by atoms with Crippen molar-refractivity contribution in [2.45, 2.75) is 12.1 Å². The number of benzene rings is 1. The average molecular weight is 312 g/mol. The summed E-state index contributed by atoms with van der Waals surface area (Å²) in [5.74, 6) is 0.393. The topological polar surface area (TPSA) is 50.5 Å². The fraction of sp³-hybridized carbons (Fsp3) is 0.188. The molecule has 0 aliphatic rings. The molecule has 1 amide bonds. The lowest BCUT2D eigenvalue weighted by atomic mass is 10.3. The van der Waals surface area contributed by atoms with Crippen molar-refractivity contribution in [2.24, 2.45) is 0 Å². The number of hydrogen-bond donors (Lipinski definition) is 0. The van der Waals surface area contributed by atoms with Crippen molar-refractivity contribution >= 4 is 29.0 Å².